The molecular weight excluding hydrogens is 362 g/mol. The highest BCUT2D eigenvalue weighted by atomic mass is 16.2. The maximum Gasteiger partial charge on any atom is 0.243 e. The highest BCUT2D eigenvalue weighted by molar-refractivity contribution is 5.89. The second kappa shape index (κ2) is 10.8. The molecule has 1 aliphatic carbocycles. The molecule has 2 aliphatic rings. The number of carbonyl (C=O) groups is 2. The van der Waals surface area contributed by atoms with Crippen LogP contribution in [0.5, 0.6) is 0 Å². The van der Waals surface area contributed by atoms with Gasteiger partial charge in [0, 0.05) is 25.6 Å². The molecule has 0 spiro atoms. The van der Waals surface area contributed by atoms with Crippen LogP contribution in [0.15, 0.2) is 24.3 Å². The topological polar surface area (TPSA) is 52.7 Å². The van der Waals surface area contributed by atoms with E-state index in [0.717, 1.165) is 70.3 Å². The second-order valence-corrected chi connectivity index (χ2v) is 8.47. The summed E-state index contributed by atoms with van der Waals surface area (Å²) in [6, 6.07) is 8.04. The third-order valence-corrected chi connectivity index (χ3v) is 6.65. The van der Waals surface area contributed by atoms with E-state index >= 15 is 0 Å². The Balaban J connectivity index is 1.59. The molecule has 1 atom stereocenters. The van der Waals surface area contributed by atoms with E-state index in [4.69, 9.17) is 0 Å². The smallest absolute Gasteiger partial charge is 0.243 e. The number of benzene rings is 1. The van der Waals surface area contributed by atoms with Crippen LogP contribution in [0.3, 0.4) is 0 Å². The number of nitrogens with zero attached hydrogens (tertiary/aromatic N) is 2. The van der Waals surface area contributed by atoms with Crippen molar-refractivity contribution in [1.82, 2.24) is 15.1 Å². The molecule has 5 nitrogen and oxygen atoms in total. The highest BCUT2D eigenvalue weighted by Gasteiger charge is 2.37. The number of carbonyl (C=O) groups excluding carboxylic acids is 2. The van der Waals surface area contributed by atoms with Crippen molar-refractivity contribution < 1.29 is 9.59 Å². The lowest BCUT2D eigenvalue weighted by molar-refractivity contribution is -0.142. The van der Waals surface area contributed by atoms with Gasteiger partial charge >= 0.3 is 0 Å². The van der Waals surface area contributed by atoms with Crippen LogP contribution < -0.4 is 5.32 Å². The van der Waals surface area contributed by atoms with Gasteiger partial charge in [0.15, 0.2) is 0 Å². The highest BCUT2D eigenvalue weighted by Crippen LogP contribution is 2.29. The number of nitrogens with one attached hydrogen (secondary N) is 1. The standard InChI is InChI=1S/C24H37N3O2/c1-3-26(4-2)18-21-14-9-8-13-20(21)17-25-23(28)22-15-10-16-27(22)24(29)19-11-6-5-7-12-19/h8-9,13-14,19,22H,3-7,10-12,15-18H2,1-2H3,(H,25,28). The summed E-state index contributed by atoms with van der Waals surface area (Å²) in [5.41, 5.74) is 2.42. The van der Waals surface area contributed by atoms with E-state index in [1.807, 2.05) is 11.0 Å². The lowest BCUT2D eigenvalue weighted by Gasteiger charge is -2.30. The van der Waals surface area contributed by atoms with Crippen LogP contribution in [0.1, 0.15) is 69.9 Å². The van der Waals surface area contributed by atoms with Crippen molar-refractivity contribution in [3.63, 3.8) is 0 Å². The Labute approximate surface area is 175 Å². The first-order valence-corrected chi connectivity index (χ1v) is 11.5. The molecule has 2 fully saturated rings. The SMILES string of the molecule is CCN(CC)Cc1ccccc1CNC(=O)C1CCCN1C(=O)C1CCCCC1. The molecule has 2 amide bonds. The van der Waals surface area contributed by atoms with Crippen molar-refractivity contribution in [2.24, 2.45) is 5.92 Å². The maximum atomic E-state index is 13.0. The molecule has 1 heterocycles. The normalized spacial score (nSPS) is 20.2. The van der Waals surface area contributed by atoms with E-state index < -0.39 is 0 Å². The Morgan fingerprint density at radius 1 is 1.00 bits per heavy atom. The van der Waals surface area contributed by atoms with Crippen LogP contribution >= 0.6 is 0 Å². The van der Waals surface area contributed by atoms with E-state index in [0.29, 0.717) is 6.54 Å². The van der Waals surface area contributed by atoms with Gasteiger partial charge in [0.05, 0.1) is 0 Å². The summed E-state index contributed by atoms with van der Waals surface area (Å²) in [6.45, 7) is 8.52. The molecule has 29 heavy (non-hydrogen) atoms. The quantitative estimate of drug-likeness (QED) is 0.725. The summed E-state index contributed by atoms with van der Waals surface area (Å²) in [7, 11) is 0. The van der Waals surface area contributed by atoms with Crippen molar-refractivity contribution in [3.05, 3.63) is 35.4 Å². The number of hydrogen-bond acceptors (Lipinski definition) is 3. The molecule has 0 bridgehead atoms. The minimum Gasteiger partial charge on any atom is -0.350 e. The number of rotatable bonds is 8. The zero-order valence-corrected chi connectivity index (χ0v) is 18.2. The summed E-state index contributed by atoms with van der Waals surface area (Å²) in [5, 5.41) is 3.13. The summed E-state index contributed by atoms with van der Waals surface area (Å²) in [6.07, 6.45) is 7.21. The molecular formula is C24H37N3O2. The number of hydrogen-bond donors (Lipinski definition) is 1. The van der Waals surface area contributed by atoms with Crippen LogP contribution in [0.4, 0.5) is 0 Å². The van der Waals surface area contributed by atoms with E-state index in [-0.39, 0.29) is 23.8 Å². The van der Waals surface area contributed by atoms with Gasteiger partial charge in [-0.25, -0.2) is 0 Å². The summed E-state index contributed by atoms with van der Waals surface area (Å²) in [5.74, 6) is 0.348. The molecule has 1 saturated heterocycles. The molecule has 1 unspecified atom stereocenters. The van der Waals surface area contributed by atoms with Crippen molar-refractivity contribution in [2.75, 3.05) is 19.6 Å². The lowest BCUT2D eigenvalue weighted by atomic mass is 9.88. The van der Waals surface area contributed by atoms with Gasteiger partial charge < -0.3 is 10.2 Å². The fourth-order valence-electron chi connectivity index (χ4n) is 4.76. The van der Waals surface area contributed by atoms with Crippen LogP contribution in [0.25, 0.3) is 0 Å². The number of likely N-dealkylation sites (tertiary alicyclic amines) is 1. The summed E-state index contributed by atoms with van der Waals surface area (Å²) >= 11 is 0. The first-order chi connectivity index (χ1) is 14.1. The van der Waals surface area contributed by atoms with Crippen LogP contribution in [0, 0.1) is 5.92 Å². The van der Waals surface area contributed by atoms with Gasteiger partial charge in [0.2, 0.25) is 11.8 Å². The van der Waals surface area contributed by atoms with E-state index in [9.17, 15) is 9.59 Å². The molecule has 0 aromatic heterocycles. The van der Waals surface area contributed by atoms with E-state index in [2.05, 4.69) is 42.3 Å². The van der Waals surface area contributed by atoms with Crippen molar-refractivity contribution in [3.8, 4) is 0 Å². The molecule has 5 heteroatoms. The fraction of sp³-hybridized carbons (Fsp3) is 0.667. The molecule has 1 aliphatic heterocycles. The molecule has 1 saturated carbocycles. The molecule has 3 rings (SSSR count). The Bertz CT molecular complexity index is 680. The average Bonchev–Trinajstić information content (AvgIpc) is 3.26. The van der Waals surface area contributed by atoms with Crippen molar-refractivity contribution in [2.45, 2.75) is 77.9 Å². The first-order valence-electron chi connectivity index (χ1n) is 11.5. The van der Waals surface area contributed by atoms with Gasteiger partial charge in [-0.2, -0.15) is 0 Å². The lowest BCUT2D eigenvalue weighted by Crippen LogP contribution is -2.48. The van der Waals surface area contributed by atoms with Gasteiger partial charge in [-0.1, -0.05) is 57.4 Å². The monoisotopic (exact) mass is 399 g/mol. The largest absolute Gasteiger partial charge is 0.350 e. The summed E-state index contributed by atoms with van der Waals surface area (Å²) < 4.78 is 0. The Hall–Kier alpha value is -1.88. The Morgan fingerprint density at radius 3 is 2.38 bits per heavy atom. The number of amides is 2. The zero-order valence-electron chi connectivity index (χ0n) is 18.2. The van der Waals surface area contributed by atoms with E-state index in [1.54, 1.807) is 0 Å². The molecule has 1 aromatic carbocycles. The third-order valence-electron chi connectivity index (χ3n) is 6.65. The predicted octanol–water partition coefficient (Wildman–Crippen LogP) is 3.72. The van der Waals surface area contributed by atoms with Crippen molar-refractivity contribution >= 4 is 11.8 Å². The van der Waals surface area contributed by atoms with E-state index in [1.165, 1.54) is 12.0 Å². The van der Waals surface area contributed by atoms with Gasteiger partial charge in [-0.3, -0.25) is 14.5 Å². The minimum absolute atomic E-state index is 0.00398. The zero-order chi connectivity index (χ0) is 20.6. The Kier molecular flexibility index (Phi) is 8.10. The van der Waals surface area contributed by atoms with Gasteiger partial charge in [0.25, 0.3) is 0 Å². The predicted molar refractivity (Wildman–Crippen MR) is 116 cm³/mol. The molecule has 160 valence electrons. The molecule has 0 radical (unpaired) electrons. The van der Waals surface area contributed by atoms with Gasteiger partial charge in [0.1, 0.15) is 6.04 Å². The van der Waals surface area contributed by atoms with Crippen LogP contribution in [-0.2, 0) is 22.7 Å². The minimum atomic E-state index is -0.292. The average molecular weight is 400 g/mol. The van der Waals surface area contributed by atoms with Gasteiger partial charge in [-0.05, 0) is 49.9 Å². The molecule has 1 aromatic rings. The van der Waals surface area contributed by atoms with Crippen LogP contribution in [-0.4, -0.2) is 47.3 Å². The first kappa shape index (κ1) is 21.8. The van der Waals surface area contributed by atoms with Crippen molar-refractivity contribution in [1.29, 1.82) is 0 Å². The maximum absolute atomic E-state index is 13.0. The fourth-order valence-corrected chi connectivity index (χ4v) is 4.76. The molecule has 1 N–H and O–H groups in total. The Morgan fingerprint density at radius 2 is 1.69 bits per heavy atom. The van der Waals surface area contributed by atoms with Gasteiger partial charge in [-0.15, -0.1) is 0 Å². The van der Waals surface area contributed by atoms with Crippen LogP contribution in [0.2, 0.25) is 0 Å². The summed E-state index contributed by atoms with van der Waals surface area (Å²) in [4.78, 5) is 30.2. The second-order valence-electron chi connectivity index (χ2n) is 8.47. The third kappa shape index (κ3) is 5.59.